The Morgan fingerprint density at radius 1 is 1.25 bits per heavy atom. The lowest BCUT2D eigenvalue weighted by Crippen LogP contribution is -2.09. The number of aryl methyl sites for hydroxylation is 3. The van der Waals surface area contributed by atoms with Crippen molar-refractivity contribution in [3.8, 4) is 0 Å². The highest BCUT2D eigenvalue weighted by atomic mass is 16.4. The van der Waals surface area contributed by atoms with Gasteiger partial charge in [0, 0.05) is 7.05 Å². The van der Waals surface area contributed by atoms with Gasteiger partial charge < -0.3 is 10.1 Å². The van der Waals surface area contributed by atoms with Gasteiger partial charge in [0.2, 0.25) is 0 Å². The second-order valence-corrected chi connectivity index (χ2v) is 5.62. The number of carboxylic acid groups (broad SMARTS) is 1. The normalized spacial score (nSPS) is 11.5. The van der Waals surface area contributed by atoms with Crippen LogP contribution in [0.3, 0.4) is 0 Å². The number of aromatic nitrogens is 4. The smallest absolute Gasteiger partial charge is 0.335 e. The van der Waals surface area contributed by atoms with Crippen LogP contribution in [0.5, 0.6) is 0 Å². The van der Waals surface area contributed by atoms with Crippen molar-refractivity contribution in [2.75, 3.05) is 0 Å². The maximum absolute atomic E-state index is 12.0. The summed E-state index contributed by atoms with van der Waals surface area (Å²) in [7, 11) is 1.71. The van der Waals surface area contributed by atoms with E-state index in [1.54, 1.807) is 32.2 Å². The molecule has 7 nitrogen and oxygen atoms in total. The molecule has 0 unspecified atom stereocenters. The molecule has 0 bridgehead atoms. The fraction of sp³-hybridized carbons (Fsp3) is 0.176. The molecule has 2 aromatic heterocycles. The van der Waals surface area contributed by atoms with E-state index in [1.165, 1.54) is 10.9 Å². The molecule has 0 aliphatic heterocycles. The second-order valence-electron chi connectivity index (χ2n) is 5.62. The zero-order valence-electron chi connectivity index (χ0n) is 13.5. The van der Waals surface area contributed by atoms with Crippen LogP contribution in [0, 0.1) is 13.8 Å². The largest absolute Gasteiger partial charge is 0.478 e. The number of fused-ring (bicyclic) bond motifs is 1. The van der Waals surface area contributed by atoms with Gasteiger partial charge >= 0.3 is 5.97 Å². The minimum absolute atomic E-state index is 0.254. The number of aromatic amines is 1. The Balaban J connectivity index is 2.05. The first kappa shape index (κ1) is 15.7. The van der Waals surface area contributed by atoms with Crippen molar-refractivity contribution in [3.05, 3.63) is 56.8 Å². The fourth-order valence-corrected chi connectivity index (χ4v) is 2.58. The molecule has 1 aromatic carbocycles. The molecular formula is C17H16N4O3. The van der Waals surface area contributed by atoms with E-state index in [4.69, 9.17) is 0 Å². The maximum Gasteiger partial charge on any atom is 0.335 e. The van der Waals surface area contributed by atoms with Gasteiger partial charge in [-0.05, 0) is 42.7 Å². The van der Waals surface area contributed by atoms with Gasteiger partial charge in [0.25, 0.3) is 5.56 Å². The number of carbonyl (C=O) groups is 1. The molecular weight excluding hydrogens is 308 g/mol. The second kappa shape index (κ2) is 5.77. The summed E-state index contributed by atoms with van der Waals surface area (Å²) in [6.45, 7) is 3.66. The van der Waals surface area contributed by atoms with Crippen molar-refractivity contribution in [2.24, 2.45) is 7.05 Å². The van der Waals surface area contributed by atoms with Crippen LogP contribution in [0.1, 0.15) is 32.9 Å². The van der Waals surface area contributed by atoms with E-state index in [-0.39, 0.29) is 11.1 Å². The summed E-state index contributed by atoms with van der Waals surface area (Å²) in [4.78, 5) is 30.3. The Bertz CT molecular complexity index is 1040. The van der Waals surface area contributed by atoms with E-state index in [9.17, 15) is 14.7 Å². The Labute approximate surface area is 137 Å². The Morgan fingerprint density at radius 2 is 2.00 bits per heavy atom. The number of hydrogen-bond donors (Lipinski definition) is 2. The zero-order valence-corrected chi connectivity index (χ0v) is 13.5. The zero-order chi connectivity index (χ0) is 17.4. The maximum atomic E-state index is 12.0. The van der Waals surface area contributed by atoms with Gasteiger partial charge in [-0.15, -0.1) is 0 Å². The first-order valence-electron chi connectivity index (χ1n) is 7.31. The summed E-state index contributed by atoms with van der Waals surface area (Å²) in [6.07, 6.45) is 4.86. The van der Waals surface area contributed by atoms with Crippen LogP contribution in [0.4, 0.5) is 0 Å². The molecule has 3 rings (SSSR count). The Morgan fingerprint density at radius 3 is 2.71 bits per heavy atom. The molecule has 122 valence electrons. The van der Waals surface area contributed by atoms with Gasteiger partial charge in [-0.3, -0.25) is 9.48 Å². The lowest BCUT2D eigenvalue weighted by atomic mass is 9.99. The van der Waals surface area contributed by atoms with E-state index in [0.29, 0.717) is 22.4 Å². The molecule has 0 amide bonds. The van der Waals surface area contributed by atoms with Crippen LogP contribution in [-0.2, 0) is 7.05 Å². The van der Waals surface area contributed by atoms with Crippen LogP contribution < -0.4 is 5.56 Å². The van der Waals surface area contributed by atoms with E-state index in [1.807, 2.05) is 13.0 Å². The number of nitrogens with one attached hydrogen (secondary N) is 1. The average Bonchev–Trinajstić information content (AvgIpc) is 2.88. The Hall–Kier alpha value is -3.22. The molecule has 2 N–H and O–H groups in total. The van der Waals surface area contributed by atoms with Crippen molar-refractivity contribution >= 4 is 29.2 Å². The monoisotopic (exact) mass is 324 g/mol. The number of aromatic carboxylic acids is 1. The van der Waals surface area contributed by atoms with Crippen LogP contribution in [-0.4, -0.2) is 30.8 Å². The van der Waals surface area contributed by atoms with Gasteiger partial charge in [0.05, 0.1) is 11.8 Å². The molecule has 0 radical (unpaired) electrons. The third-order valence-corrected chi connectivity index (χ3v) is 3.88. The predicted octanol–water partition coefficient (Wildman–Crippen LogP) is 2.14. The molecule has 7 heteroatoms. The molecule has 0 saturated carbocycles. The number of nitrogens with zero attached hydrogens (tertiary/aromatic N) is 3. The third kappa shape index (κ3) is 2.71. The van der Waals surface area contributed by atoms with Crippen molar-refractivity contribution in [2.45, 2.75) is 13.8 Å². The third-order valence-electron chi connectivity index (χ3n) is 3.88. The van der Waals surface area contributed by atoms with Crippen molar-refractivity contribution < 1.29 is 9.90 Å². The van der Waals surface area contributed by atoms with Crippen molar-refractivity contribution in [3.63, 3.8) is 0 Å². The topological polar surface area (TPSA) is 101 Å². The minimum Gasteiger partial charge on any atom is -0.478 e. The highest BCUT2D eigenvalue weighted by molar-refractivity contribution is 5.91. The van der Waals surface area contributed by atoms with E-state index >= 15 is 0 Å². The quantitative estimate of drug-likeness (QED) is 0.768. The molecule has 0 fully saturated rings. The number of hydrogen-bond acceptors (Lipinski definition) is 4. The van der Waals surface area contributed by atoms with E-state index in [2.05, 4.69) is 15.1 Å². The van der Waals surface area contributed by atoms with E-state index in [0.717, 1.165) is 11.1 Å². The highest BCUT2D eigenvalue weighted by Gasteiger charge is 2.10. The molecule has 0 aliphatic carbocycles. The molecule has 24 heavy (non-hydrogen) atoms. The number of rotatable bonds is 3. The van der Waals surface area contributed by atoms with Crippen LogP contribution in [0.25, 0.3) is 23.2 Å². The summed E-state index contributed by atoms with van der Waals surface area (Å²) in [6, 6.07) is 3.44. The van der Waals surface area contributed by atoms with Gasteiger partial charge in [-0.2, -0.15) is 5.10 Å². The number of carboxylic acids is 1. The molecule has 0 spiro atoms. The van der Waals surface area contributed by atoms with Crippen LogP contribution in [0.15, 0.2) is 23.1 Å². The van der Waals surface area contributed by atoms with Gasteiger partial charge in [-0.25, -0.2) is 9.78 Å². The van der Waals surface area contributed by atoms with E-state index < -0.39 is 5.97 Å². The molecule has 0 saturated heterocycles. The predicted molar refractivity (Wildman–Crippen MR) is 90.9 cm³/mol. The van der Waals surface area contributed by atoms with Crippen molar-refractivity contribution in [1.82, 2.24) is 19.7 Å². The lowest BCUT2D eigenvalue weighted by molar-refractivity contribution is 0.0696. The van der Waals surface area contributed by atoms with Gasteiger partial charge in [-0.1, -0.05) is 12.1 Å². The summed E-state index contributed by atoms with van der Waals surface area (Å²) >= 11 is 0. The summed E-state index contributed by atoms with van der Waals surface area (Å²) in [5, 5.41) is 13.7. The minimum atomic E-state index is -0.968. The van der Waals surface area contributed by atoms with Gasteiger partial charge in [0.15, 0.2) is 5.65 Å². The first-order valence-corrected chi connectivity index (χ1v) is 7.31. The standard InChI is InChI=1S/C17H16N4O3/c1-9-6-10(2)12(17(23)24)7-11(9)4-5-14-19-15-13(16(22)20-14)8-18-21(15)3/h4-8H,1-3H3,(H,23,24)(H,19,20,22)/b5-4+. The lowest BCUT2D eigenvalue weighted by Gasteiger charge is -2.06. The summed E-state index contributed by atoms with van der Waals surface area (Å²) in [5.74, 6) is -0.585. The first-order chi connectivity index (χ1) is 11.4. The fourth-order valence-electron chi connectivity index (χ4n) is 2.58. The number of H-pyrrole nitrogens is 1. The van der Waals surface area contributed by atoms with Crippen LogP contribution >= 0.6 is 0 Å². The molecule has 0 aliphatic rings. The van der Waals surface area contributed by atoms with Gasteiger partial charge in [0.1, 0.15) is 11.2 Å². The highest BCUT2D eigenvalue weighted by Crippen LogP contribution is 2.18. The molecule has 2 heterocycles. The SMILES string of the molecule is Cc1cc(C)c(C(=O)O)cc1/C=C/c1nc2c(cnn2C)c(=O)[nH]1. The summed E-state index contributed by atoms with van der Waals surface area (Å²) < 4.78 is 1.53. The summed E-state index contributed by atoms with van der Waals surface area (Å²) in [5.41, 5.74) is 2.89. The number of benzene rings is 1. The van der Waals surface area contributed by atoms with Crippen molar-refractivity contribution in [1.29, 1.82) is 0 Å². The molecule has 3 aromatic rings. The van der Waals surface area contributed by atoms with Crippen LogP contribution in [0.2, 0.25) is 0 Å². The average molecular weight is 324 g/mol. The Kier molecular flexibility index (Phi) is 3.76. The molecule has 0 atom stereocenters.